The smallest absolute Gasteiger partial charge is 0.243 e. The summed E-state index contributed by atoms with van der Waals surface area (Å²) in [5, 5.41) is 18.5. The van der Waals surface area contributed by atoms with Crippen LogP contribution in [0.1, 0.15) is 73.6 Å². The van der Waals surface area contributed by atoms with Crippen LogP contribution in [-0.4, -0.2) is 52.8 Å². The number of hydrogen-bond acceptors (Lipinski definition) is 5. The van der Waals surface area contributed by atoms with Crippen LogP contribution in [0.5, 0.6) is 0 Å². The third-order valence-corrected chi connectivity index (χ3v) is 5.61. The molecule has 0 saturated heterocycles. The van der Waals surface area contributed by atoms with Gasteiger partial charge in [0.15, 0.2) is 0 Å². The van der Waals surface area contributed by atoms with Gasteiger partial charge in [-0.25, -0.2) is 0 Å². The Bertz CT molecular complexity index is 620. The topological polar surface area (TPSA) is 125 Å². The van der Waals surface area contributed by atoms with E-state index >= 15 is 0 Å². The van der Waals surface area contributed by atoms with Gasteiger partial charge in [0.05, 0.1) is 6.10 Å². The predicted molar refractivity (Wildman–Crippen MR) is 114 cm³/mol. The van der Waals surface area contributed by atoms with Crippen molar-refractivity contribution in [2.75, 3.05) is 0 Å². The Morgan fingerprint density at radius 2 is 1.63 bits per heavy atom. The van der Waals surface area contributed by atoms with E-state index in [1.807, 2.05) is 27.7 Å². The lowest BCUT2D eigenvalue weighted by molar-refractivity contribution is -0.134. The minimum Gasteiger partial charge on any atom is -0.392 e. The predicted octanol–water partition coefficient (Wildman–Crippen LogP) is 1.30. The monoisotopic (exact) mass is 425 g/mol. The van der Waals surface area contributed by atoms with Gasteiger partial charge in [0, 0.05) is 18.4 Å². The molecule has 0 radical (unpaired) electrons. The van der Waals surface area contributed by atoms with Gasteiger partial charge in [-0.05, 0) is 44.4 Å². The molecule has 0 bridgehead atoms. The average Bonchev–Trinajstić information content (AvgIpc) is 2.65. The highest BCUT2D eigenvalue weighted by Gasteiger charge is 2.35. The standard InChI is InChI=1S/C22H39N3O5/c1-7-19(28)24-17(10-12(2)3)21(29)25-20(13(4)5)22(30)23-15-8-9-18(27)16(11-15)14(6)26/h12-13,15-18,20,27H,7-11H2,1-6H3,(H,23,30)(H,24,28)(H,25,29). The van der Waals surface area contributed by atoms with E-state index in [2.05, 4.69) is 16.0 Å². The Morgan fingerprint density at radius 1 is 1.00 bits per heavy atom. The van der Waals surface area contributed by atoms with Gasteiger partial charge < -0.3 is 21.1 Å². The molecule has 1 fully saturated rings. The molecular weight excluding hydrogens is 386 g/mol. The van der Waals surface area contributed by atoms with E-state index < -0.39 is 24.1 Å². The van der Waals surface area contributed by atoms with Crippen molar-refractivity contribution in [3.05, 3.63) is 0 Å². The Balaban J connectivity index is 2.81. The highest BCUT2D eigenvalue weighted by Crippen LogP contribution is 2.26. The molecule has 3 amide bonds. The van der Waals surface area contributed by atoms with Crippen LogP contribution < -0.4 is 16.0 Å². The SMILES string of the molecule is CCC(=O)NC(CC(C)C)C(=O)NC(C(=O)NC1CCC(O)C(C(C)=O)C1)C(C)C. The molecule has 5 unspecified atom stereocenters. The van der Waals surface area contributed by atoms with Crippen molar-refractivity contribution >= 4 is 23.5 Å². The van der Waals surface area contributed by atoms with E-state index in [1.54, 1.807) is 6.92 Å². The Hall–Kier alpha value is -1.96. The number of carbonyl (C=O) groups excluding carboxylic acids is 4. The summed E-state index contributed by atoms with van der Waals surface area (Å²) in [6, 6.07) is -1.68. The third kappa shape index (κ3) is 8.05. The van der Waals surface area contributed by atoms with Crippen LogP contribution in [0.3, 0.4) is 0 Å². The maximum Gasteiger partial charge on any atom is 0.243 e. The first-order valence-corrected chi connectivity index (χ1v) is 11.0. The van der Waals surface area contributed by atoms with Crippen LogP contribution in [0.4, 0.5) is 0 Å². The molecule has 1 rings (SSSR count). The molecule has 0 spiro atoms. The van der Waals surface area contributed by atoms with Crippen molar-refractivity contribution in [2.45, 2.75) is 97.9 Å². The number of aliphatic hydroxyl groups excluding tert-OH is 1. The zero-order valence-electron chi connectivity index (χ0n) is 19.2. The van der Waals surface area contributed by atoms with E-state index in [9.17, 15) is 24.3 Å². The molecule has 0 heterocycles. The molecule has 4 N–H and O–H groups in total. The first-order valence-electron chi connectivity index (χ1n) is 11.0. The molecule has 8 nitrogen and oxygen atoms in total. The van der Waals surface area contributed by atoms with Crippen LogP contribution in [0.15, 0.2) is 0 Å². The number of hydrogen-bond donors (Lipinski definition) is 4. The number of carbonyl (C=O) groups is 4. The molecule has 1 aliphatic rings. The Morgan fingerprint density at radius 3 is 2.13 bits per heavy atom. The second kappa shape index (κ2) is 12.0. The van der Waals surface area contributed by atoms with Crippen molar-refractivity contribution in [1.82, 2.24) is 16.0 Å². The summed E-state index contributed by atoms with van der Waals surface area (Å²) in [6.07, 6.45) is 1.51. The zero-order valence-corrected chi connectivity index (χ0v) is 19.2. The van der Waals surface area contributed by atoms with E-state index in [-0.39, 0.29) is 47.8 Å². The van der Waals surface area contributed by atoms with Gasteiger partial charge in [0.2, 0.25) is 17.7 Å². The number of aliphatic hydroxyl groups is 1. The highest BCUT2D eigenvalue weighted by molar-refractivity contribution is 5.92. The molecule has 0 aromatic carbocycles. The van der Waals surface area contributed by atoms with Crippen molar-refractivity contribution in [3.8, 4) is 0 Å². The van der Waals surface area contributed by atoms with Crippen molar-refractivity contribution in [1.29, 1.82) is 0 Å². The normalized spacial score (nSPS) is 23.6. The fourth-order valence-corrected chi connectivity index (χ4v) is 3.80. The third-order valence-electron chi connectivity index (χ3n) is 5.61. The van der Waals surface area contributed by atoms with Crippen LogP contribution >= 0.6 is 0 Å². The van der Waals surface area contributed by atoms with Gasteiger partial charge in [-0.15, -0.1) is 0 Å². The van der Waals surface area contributed by atoms with Crippen molar-refractivity contribution in [2.24, 2.45) is 17.8 Å². The molecule has 8 heteroatoms. The number of ketones is 1. The second-order valence-corrected chi connectivity index (χ2v) is 9.14. The first-order chi connectivity index (χ1) is 14.0. The highest BCUT2D eigenvalue weighted by atomic mass is 16.3. The van der Waals surface area contributed by atoms with Gasteiger partial charge in [0.25, 0.3) is 0 Å². The fraction of sp³-hybridized carbons (Fsp3) is 0.818. The summed E-state index contributed by atoms with van der Waals surface area (Å²) in [7, 11) is 0. The molecule has 30 heavy (non-hydrogen) atoms. The summed E-state index contributed by atoms with van der Waals surface area (Å²) in [6.45, 7) is 10.8. The van der Waals surface area contributed by atoms with E-state index in [4.69, 9.17) is 0 Å². The lowest BCUT2D eigenvalue weighted by Gasteiger charge is -2.34. The van der Waals surface area contributed by atoms with Crippen LogP contribution in [0.2, 0.25) is 0 Å². The second-order valence-electron chi connectivity index (χ2n) is 9.14. The van der Waals surface area contributed by atoms with Crippen LogP contribution in [-0.2, 0) is 19.2 Å². The molecular formula is C22H39N3O5. The lowest BCUT2D eigenvalue weighted by Crippen LogP contribution is -2.57. The largest absolute Gasteiger partial charge is 0.392 e. The van der Waals surface area contributed by atoms with Crippen molar-refractivity contribution in [3.63, 3.8) is 0 Å². The van der Waals surface area contributed by atoms with Crippen molar-refractivity contribution < 1.29 is 24.3 Å². The average molecular weight is 426 g/mol. The number of Topliss-reactive ketones (excluding diaryl/α,β-unsaturated/α-hetero) is 1. The van der Waals surface area contributed by atoms with Crippen LogP contribution in [0.25, 0.3) is 0 Å². The number of amides is 3. The fourth-order valence-electron chi connectivity index (χ4n) is 3.80. The molecule has 1 aliphatic carbocycles. The van der Waals surface area contributed by atoms with E-state index in [0.717, 1.165) is 0 Å². The van der Waals surface area contributed by atoms with Gasteiger partial charge in [-0.1, -0.05) is 34.6 Å². The van der Waals surface area contributed by atoms with Gasteiger partial charge in [-0.2, -0.15) is 0 Å². The molecule has 172 valence electrons. The lowest BCUT2D eigenvalue weighted by atomic mass is 9.81. The minimum atomic E-state index is -0.756. The molecule has 5 atom stereocenters. The zero-order chi connectivity index (χ0) is 23.0. The first kappa shape index (κ1) is 26.1. The maximum absolute atomic E-state index is 12.9. The van der Waals surface area contributed by atoms with Gasteiger partial charge in [0.1, 0.15) is 17.9 Å². The summed E-state index contributed by atoms with van der Waals surface area (Å²) in [5.41, 5.74) is 0. The Kier molecular flexibility index (Phi) is 10.5. The molecule has 0 aromatic heterocycles. The maximum atomic E-state index is 12.9. The quantitative estimate of drug-likeness (QED) is 0.420. The van der Waals surface area contributed by atoms with E-state index in [1.165, 1.54) is 6.92 Å². The molecule has 0 aromatic rings. The van der Waals surface area contributed by atoms with Crippen LogP contribution in [0, 0.1) is 17.8 Å². The number of rotatable bonds is 10. The summed E-state index contributed by atoms with van der Waals surface area (Å²) >= 11 is 0. The van der Waals surface area contributed by atoms with Gasteiger partial charge >= 0.3 is 0 Å². The van der Waals surface area contributed by atoms with E-state index in [0.29, 0.717) is 25.7 Å². The summed E-state index contributed by atoms with van der Waals surface area (Å²) < 4.78 is 0. The summed E-state index contributed by atoms with van der Waals surface area (Å²) in [4.78, 5) is 49.3. The molecule has 0 aliphatic heterocycles. The minimum absolute atomic E-state index is 0.0849. The molecule has 1 saturated carbocycles. The Labute approximate surface area is 179 Å². The number of nitrogens with one attached hydrogen (secondary N) is 3. The van der Waals surface area contributed by atoms with Gasteiger partial charge in [-0.3, -0.25) is 19.2 Å². The summed E-state index contributed by atoms with van der Waals surface area (Å²) in [5.74, 6) is -1.42.